The Morgan fingerprint density at radius 2 is 1.78 bits per heavy atom. The molecule has 0 aliphatic carbocycles. The van der Waals surface area contributed by atoms with Crippen LogP contribution in [0.5, 0.6) is 0 Å². The monoisotopic (exact) mass is 433 g/mol. The fourth-order valence-corrected chi connectivity index (χ4v) is 3.50. The summed E-state index contributed by atoms with van der Waals surface area (Å²) in [5, 5.41) is 7.38. The van der Waals surface area contributed by atoms with Crippen LogP contribution in [0.2, 0.25) is 0 Å². The van der Waals surface area contributed by atoms with Gasteiger partial charge in [-0.2, -0.15) is 0 Å². The van der Waals surface area contributed by atoms with E-state index in [0.717, 1.165) is 11.1 Å². The number of amides is 1. The molecule has 2 aromatic heterocycles. The van der Waals surface area contributed by atoms with Crippen LogP contribution in [-0.4, -0.2) is 36.5 Å². The summed E-state index contributed by atoms with van der Waals surface area (Å²) in [7, 11) is 1.51. The molecule has 4 rings (SSSR count). The zero-order valence-corrected chi connectivity index (χ0v) is 18.0. The maximum atomic E-state index is 13.2. The van der Waals surface area contributed by atoms with Gasteiger partial charge in [-0.15, -0.1) is 5.10 Å². The number of carbonyl (C=O) groups is 2. The molecule has 0 aliphatic heterocycles. The van der Waals surface area contributed by atoms with Gasteiger partial charge in [-0.05, 0) is 31.5 Å². The minimum absolute atomic E-state index is 0.0173. The summed E-state index contributed by atoms with van der Waals surface area (Å²) in [6.45, 7) is 3.59. The lowest BCUT2D eigenvalue weighted by atomic mass is 10.1. The van der Waals surface area contributed by atoms with Crippen LogP contribution in [0.25, 0.3) is 16.7 Å². The molecular formula is C23H23N5O4. The number of rotatable bonds is 6. The highest BCUT2D eigenvalue weighted by Crippen LogP contribution is 2.14. The predicted octanol–water partition coefficient (Wildman–Crippen LogP) is 1.76. The number of Topliss-reactive ketones (excluding diaryl/α,β-unsaturated/α-hetero) is 1. The molecule has 0 bridgehead atoms. The summed E-state index contributed by atoms with van der Waals surface area (Å²) in [6, 6.07) is 13.2. The summed E-state index contributed by atoms with van der Waals surface area (Å²) >= 11 is 0. The fourth-order valence-electron chi connectivity index (χ4n) is 3.50. The summed E-state index contributed by atoms with van der Waals surface area (Å²) in [5.74, 6) is -0.485. The first-order valence-corrected chi connectivity index (χ1v) is 10.3. The zero-order chi connectivity index (χ0) is 23.0. The number of aryl methyl sites for hydroxylation is 1. The number of fused-ring (bicyclic) bond motifs is 3. The third-order valence-corrected chi connectivity index (χ3v) is 5.54. The number of nitrogens with zero attached hydrogens (tertiary/aromatic N) is 4. The number of hydrogen-bond donors (Lipinski definition) is 1. The highest BCUT2D eigenvalue weighted by molar-refractivity contribution is 5.98. The number of carbonyl (C=O) groups excluding carboxylic acids is 2. The van der Waals surface area contributed by atoms with Crippen LogP contribution in [0.3, 0.4) is 0 Å². The molecule has 0 aliphatic rings. The van der Waals surface area contributed by atoms with Crippen LogP contribution < -0.4 is 16.6 Å². The number of hydrogen-bond acceptors (Lipinski definition) is 5. The van der Waals surface area contributed by atoms with Crippen LogP contribution in [0.4, 0.5) is 0 Å². The highest BCUT2D eigenvalue weighted by Gasteiger charge is 2.19. The van der Waals surface area contributed by atoms with Gasteiger partial charge in [-0.3, -0.25) is 19.0 Å². The van der Waals surface area contributed by atoms with E-state index in [1.54, 1.807) is 36.4 Å². The first kappa shape index (κ1) is 21.2. The molecule has 32 heavy (non-hydrogen) atoms. The average Bonchev–Trinajstić information content (AvgIpc) is 3.13. The highest BCUT2D eigenvalue weighted by atomic mass is 16.2. The molecule has 1 N–H and O–H groups in total. The second-order valence-corrected chi connectivity index (χ2v) is 7.74. The van der Waals surface area contributed by atoms with Crippen molar-refractivity contribution < 1.29 is 9.59 Å². The van der Waals surface area contributed by atoms with Crippen molar-refractivity contribution in [2.45, 2.75) is 32.9 Å². The number of ketones is 1. The molecule has 0 fully saturated rings. The third kappa shape index (κ3) is 3.62. The Hall–Kier alpha value is -4.01. The van der Waals surface area contributed by atoms with E-state index in [1.807, 2.05) is 13.8 Å². The number of nitrogens with one attached hydrogen (secondary N) is 1. The molecule has 2 aromatic carbocycles. The van der Waals surface area contributed by atoms with Crippen molar-refractivity contribution in [2.75, 3.05) is 0 Å². The van der Waals surface area contributed by atoms with Gasteiger partial charge >= 0.3 is 5.69 Å². The molecule has 0 saturated heterocycles. The Balaban J connectivity index is 1.86. The fraction of sp³-hybridized carbons (Fsp3) is 0.261. The van der Waals surface area contributed by atoms with Crippen molar-refractivity contribution in [3.05, 3.63) is 80.5 Å². The van der Waals surface area contributed by atoms with E-state index in [0.29, 0.717) is 11.1 Å². The SMILES string of the molecule is CCC(C)NC(=O)c1ccc2c(=O)n(C)c3nn(CC(=O)c4ccccc4)c(=O)n3c2c1. The maximum Gasteiger partial charge on any atom is 0.352 e. The van der Waals surface area contributed by atoms with Gasteiger partial charge in [0.05, 0.1) is 10.9 Å². The van der Waals surface area contributed by atoms with Crippen LogP contribution in [0.15, 0.2) is 58.1 Å². The van der Waals surface area contributed by atoms with Gasteiger partial charge in [0.1, 0.15) is 6.54 Å². The molecule has 0 saturated carbocycles. The molecule has 1 unspecified atom stereocenters. The first-order valence-electron chi connectivity index (χ1n) is 10.3. The lowest BCUT2D eigenvalue weighted by molar-refractivity contribution is 0.0937. The second-order valence-electron chi connectivity index (χ2n) is 7.74. The minimum atomic E-state index is -0.565. The number of benzene rings is 2. The Morgan fingerprint density at radius 3 is 2.47 bits per heavy atom. The standard InChI is InChI=1S/C23H23N5O4/c1-4-14(2)24-20(30)16-10-11-17-18(12-16)28-22(26(3)21(17)31)25-27(23(28)32)13-19(29)15-8-6-5-7-9-15/h5-12,14H,4,13H2,1-3H3,(H,24,30). The average molecular weight is 433 g/mol. The third-order valence-electron chi connectivity index (χ3n) is 5.54. The van der Waals surface area contributed by atoms with Crippen molar-refractivity contribution in [1.82, 2.24) is 24.1 Å². The zero-order valence-electron chi connectivity index (χ0n) is 18.0. The van der Waals surface area contributed by atoms with E-state index in [1.165, 1.54) is 28.1 Å². The lowest BCUT2D eigenvalue weighted by Gasteiger charge is -2.12. The Bertz CT molecular complexity index is 1460. The van der Waals surface area contributed by atoms with Crippen molar-refractivity contribution in [3.63, 3.8) is 0 Å². The van der Waals surface area contributed by atoms with E-state index in [-0.39, 0.29) is 46.5 Å². The normalized spacial score (nSPS) is 12.2. The topological polar surface area (TPSA) is 107 Å². The molecule has 164 valence electrons. The van der Waals surface area contributed by atoms with E-state index in [9.17, 15) is 19.2 Å². The van der Waals surface area contributed by atoms with E-state index in [2.05, 4.69) is 10.4 Å². The van der Waals surface area contributed by atoms with E-state index >= 15 is 0 Å². The van der Waals surface area contributed by atoms with Crippen molar-refractivity contribution in [2.24, 2.45) is 7.05 Å². The van der Waals surface area contributed by atoms with Crippen molar-refractivity contribution in [3.8, 4) is 0 Å². The Labute approximate surface area is 182 Å². The van der Waals surface area contributed by atoms with Crippen LogP contribution in [-0.2, 0) is 13.6 Å². The van der Waals surface area contributed by atoms with E-state index in [4.69, 9.17) is 0 Å². The first-order chi connectivity index (χ1) is 15.3. The van der Waals surface area contributed by atoms with Gasteiger partial charge < -0.3 is 5.32 Å². The van der Waals surface area contributed by atoms with Gasteiger partial charge in [0, 0.05) is 24.2 Å². The summed E-state index contributed by atoms with van der Waals surface area (Å²) in [5.41, 5.74) is 0.132. The van der Waals surface area contributed by atoms with Crippen LogP contribution in [0, 0.1) is 0 Å². The van der Waals surface area contributed by atoms with E-state index < -0.39 is 5.69 Å². The van der Waals surface area contributed by atoms with Crippen molar-refractivity contribution in [1.29, 1.82) is 0 Å². The lowest BCUT2D eigenvalue weighted by Crippen LogP contribution is -2.32. The summed E-state index contributed by atoms with van der Waals surface area (Å²) in [6.07, 6.45) is 0.770. The van der Waals surface area contributed by atoms with Gasteiger partial charge in [0.25, 0.3) is 11.5 Å². The molecule has 4 aromatic rings. The molecule has 1 amide bonds. The molecule has 0 radical (unpaired) electrons. The van der Waals surface area contributed by atoms with Crippen molar-refractivity contribution >= 4 is 28.4 Å². The Morgan fingerprint density at radius 1 is 1.06 bits per heavy atom. The molecule has 2 heterocycles. The molecule has 9 heteroatoms. The predicted molar refractivity (Wildman–Crippen MR) is 120 cm³/mol. The summed E-state index contributed by atoms with van der Waals surface area (Å²) < 4.78 is 3.55. The van der Waals surface area contributed by atoms with Crippen LogP contribution >= 0.6 is 0 Å². The largest absolute Gasteiger partial charge is 0.352 e. The van der Waals surface area contributed by atoms with Gasteiger partial charge in [0.15, 0.2) is 5.78 Å². The molecular weight excluding hydrogens is 410 g/mol. The molecule has 0 spiro atoms. The van der Waals surface area contributed by atoms with Crippen LogP contribution in [0.1, 0.15) is 41.0 Å². The Kier molecular flexibility index (Phi) is 5.48. The molecule has 1 atom stereocenters. The quantitative estimate of drug-likeness (QED) is 0.466. The maximum absolute atomic E-state index is 13.2. The van der Waals surface area contributed by atoms with Gasteiger partial charge in [-0.25, -0.2) is 13.9 Å². The summed E-state index contributed by atoms with van der Waals surface area (Å²) in [4.78, 5) is 51.2. The second kappa shape index (κ2) is 8.26. The smallest absolute Gasteiger partial charge is 0.350 e. The van der Waals surface area contributed by atoms with Gasteiger partial charge in [0.2, 0.25) is 5.78 Å². The van der Waals surface area contributed by atoms with Gasteiger partial charge in [-0.1, -0.05) is 37.3 Å². The molecule has 9 nitrogen and oxygen atoms in total. The number of aromatic nitrogens is 4. The minimum Gasteiger partial charge on any atom is -0.350 e.